The van der Waals surface area contributed by atoms with Crippen molar-refractivity contribution < 1.29 is 29.0 Å². The first kappa shape index (κ1) is 23.7. The van der Waals surface area contributed by atoms with Gasteiger partial charge in [0.1, 0.15) is 17.1 Å². The van der Waals surface area contributed by atoms with E-state index in [4.69, 9.17) is 14.6 Å². The molecule has 2 amide bonds. The molecule has 3 aromatic carbocycles. The van der Waals surface area contributed by atoms with E-state index in [1.165, 1.54) is 38.1 Å². The van der Waals surface area contributed by atoms with E-state index in [0.29, 0.717) is 28.4 Å². The number of thioether (sulfide) groups is 1. The molecule has 3 N–H and O–H groups in total. The maximum absolute atomic E-state index is 12.7. The Bertz CT molecular complexity index is 1120. The van der Waals surface area contributed by atoms with Crippen LogP contribution >= 0.6 is 11.8 Å². The molecular formula is C24H22N2O6S. The molecule has 0 bridgehead atoms. The van der Waals surface area contributed by atoms with Crippen LogP contribution in [0.15, 0.2) is 71.6 Å². The normalized spacial score (nSPS) is 10.2. The van der Waals surface area contributed by atoms with Crippen LogP contribution in [0.3, 0.4) is 0 Å². The molecule has 9 heteroatoms. The van der Waals surface area contributed by atoms with Crippen molar-refractivity contribution >= 4 is 40.9 Å². The number of ether oxygens (including phenoxy) is 2. The zero-order valence-corrected chi connectivity index (χ0v) is 18.8. The quantitative estimate of drug-likeness (QED) is 0.401. The summed E-state index contributed by atoms with van der Waals surface area (Å²) in [5, 5.41) is 14.5. The Morgan fingerprint density at radius 1 is 0.818 bits per heavy atom. The minimum atomic E-state index is -1.02. The number of benzene rings is 3. The summed E-state index contributed by atoms with van der Waals surface area (Å²) in [6.45, 7) is 0. The van der Waals surface area contributed by atoms with Gasteiger partial charge in [-0.2, -0.15) is 0 Å². The van der Waals surface area contributed by atoms with Gasteiger partial charge in [-0.05, 0) is 60.7 Å². The van der Waals surface area contributed by atoms with E-state index in [1.54, 1.807) is 54.6 Å². The number of nitrogens with one attached hydrogen (secondary N) is 2. The number of carbonyl (C=O) groups excluding carboxylic acids is 2. The third-order valence-corrected chi connectivity index (χ3v) is 5.56. The van der Waals surface area contributed by atoms with Crippen LogP contribution in [0.4, 0.5) is 11.4 Å². The maximum Gasteiger partial charge on any atom is 0.335 e. The van der Waals surface area contributed by atoms with E-state index in [0.717, 1.165) is 4.90 Å². The molecule has 33 heavy (non-hydrogen) atoms. The molecule has 8 nitrogen and oxygen atoms in total. The molecule has 0 aliphatic heterocycles. The van der Waals surface area contributed by atoms with E-state index >= 15 is 0 Å². The van der Waals surface area contributed by atoms with Gasteiger partial charge in [0.05, 0.1) is 25.5 Å². The zero-order valence-electron chi connectivity index (χ0n) is 18.0. The highest BCUT2D eigenvalue weighted by Crippen LogP contribution is 2.29. The largest absolute Gasteiger partial charge is 0.496 e. The number of carboxylic acid groups (broad SMARTS) is 1. The Morgan fingerprint density at radius 2 is 1.36 bits per heavy atom. The molecule has 0 radical (unpaired) electrons. The van der Waals surface area contributed by atoms with E-state index < -0.39 is 5.97 Å². The number of hydrogen-bond acceptors (Lipinski definition) is 6. The summed E-state index contributed by atoms with van der Waals surface area (Å²) in [4.78, 5) is 36.6. The van der Waals surface area contributed by atoms with Gasteiger partial charge in [-0.25, -0.2) is 4.79 Å². The lowest BCUT2D eigenvalue weighted by Crippen LogP contribution is -2.14. The SMILES string of the molecule is COc1cccc(OC)c1C(=O)Nc1ccc(SCC(=O)Nc2ccc(C(=O)O)cc2)cc1. The first-order valence-electron chi connectivity index (χ1n) is 9.79. The van der Waals surface area contributed by atoms with Crippen molar-refractivity contribution in [3.8, 4) is 11.5 Å². The van der Waals surface area contributed by atoms with E-state index in [2.05, 4.69) is 10.6 Å². The number of carboxylic acids is 1. The number of aromatic carboxylic acids is 1. The number of carbonyl (C=O) groups is 3. The second-order valence-electron chi connectivity index (χ2n) is 6.74. The monoisotopic (exact) mass is 466 g/mol. The number of rotatable bonds is 9. The standard InChI is InChI=1S/C24H22N2O6S/c1-31-19-4-3-5-20(32-2)22(19)23(28)26-17-10-12-18(13-11-17)33-14-21(27)25-16-8-6-15(7-9-16)24(29)30/h3-13H,14H2,1-2H3,(H,25,27)(H,26,28)(H,29,30). The van der Waals surface area contributed by atoms with Gasteiger partial charge in [0.15, 0.2) is 0 Å². The Morgan fingerprint density at radius 3 is 1.91 bits per heavy atom. The van der Waals surface area contributed by atoms with Crippen molar-refractivity contribution in [1.82, 2.24) is 0 Å². The Balaban J connectivity index is 1.56. The second kappa shape index (κ2) is 11.1. The molecule has 0 unspecified atom stereocenters. The Labute approximate surface area is 194 Å². The van der Waals surface area contributed by atoms with Gasteiger partial charge >= 0.3 is 5.97 Å². The smallest absolute Gasteiger partial charge is 0.335 e. The molecular weight excluding hydrogens is 444 g/mol. The summed E-state index contributed by atoms with van der Waals surface area (Å²) in [6.07, 6.45) is 0. The second-order valence-corrected chi connectivity index (χ2v) is 7.78. The predicted molar refractivity (Wildman–Crippen MR) is 127 cm³/mol. The lowest BCUT2D eigenvalue weighted by molar-refractivity contribution is -0.113. The Hall–Kier alpha value is -3.98. The average Bonchev–Trinajstić information content (AvgIpc) is 2.83. The van der Waals surface area contributed by atoms with E-state index in [1.807, 2.05) is 0 Å². The molecule has 170 valence electrons. The lowest BCUT2D eigenvalue weighted by atomic mass is 10.1. The fourth-order valence-electron chi connectivity index (χ4n) is 2.95. The van der Waals surface area contributed by atoms with Crippen molar-refractivity contribution in [2.45, 2.75) is 4.90 Å². The van der Waals surface area contributed by atoms with Gasteiger partial charge in [0, 0.05) is 16.3 Å². The highest BCUT2D eigenvalue weighted by Gasteiger charge is 2.18. The van der Waals surface area contributed by atoms with Gasteiger partial charge in [-0.3, -0.25) is 9.59 Å². The molecule has 3 aromatic rings. The van der Waals surface area contributed by atoms with Crippen LogP contribution in [0.25, 0.3) is 0 Å². The lowest BCUT2D eigenvalue weighted by Gasteiger charge is -2.13. The molecule has 0 saturated carbocycles. The third-order valence-electron chi connectivity index (χ3n) is 4.55. The summed E-state index contributed by atoms with van der Waals surface area (Å²) < 4.78 is 10.5. The van der Waals surface area contributed by atoms with E-state index in [9.17, 15) is 14.4 Å². The predicted octanol–water partition coefficient (Wildman–Crippen LogP) is 4.39. The molecule has 0 heterocycles. The molecule has 3 rings (SSSR count). The van der Waals surface area contributed by atoms with Crippen LogP contribution in [0, 0.1) is 0 Å². The number of amides is 2. The molecule has 0 aromatic heterocycles. The molecule has 0 atom stereocenters. The van der Waals surface area contributed by atoms with Crippen LogP contribution in [0.5, 0.6) is 11.5 Å². The zero-order chi connectivity index (χ0) is 23.8. The van der Waals surface area contributed by atoms with E-state index in [-0.39, 0.29) is 23.1 Å². The van der Waals surface area contributed by atoms with Gasteiger partial charge in [0.25, 0.3) is 5.91 Å². The molecule has 0 fully saturated rings. The van der Waals surface area contributed by atoms with Crippen LogP contribution in [0.1, 0.15) is 20.7 Å². The molecule has 0 saturated heterocycles. The van der Waals surface area contributed by atoms with Crippen molar-refractivity contribution in [2.24, 2.45) is 0 Å². The van der Waals surface area contributed by atoms with Crippen molar-refractivity contribution in [3.63, 3.8) is 0 Å². The van der Waals surface area contributed by atoms with Crippen molar-refractivity contribution in [3.05, 3.63) is 77.9 Å². The molecule has 0 aliphatic rings. The van der Waals surface area contributed by atoms with Crippen LogP contribution in [-0.2, 0) is 4.79 Å². The Kier molecular flexibility index (Phi) is 7.93. The number of anilines is 2. The number of methoxy groups -OCH3 is 2. The first-order chi connectivity index (χ1) is 15.9. The average molecular weight is 467 g/mol. The minimum Gasteiger partial charge on any atom is -0.496 e. The summed E-state index contributed by atoms with van der Waals surface area (Å²) >= 11 is 1.33. The van der Waals surface area contributed by atoms with Gasteiger partial charge in [-0.1, -0.05) is 6.07 Å². The minimum absolute atomic E-state index is 0.152. The fraction of sp³-hybridized carbons (Fsp3) is 0.125. The van der Waals surface area contributed by atoms with Crippen molar-refractivity contribution in [2.75, 3.05) is 30.6 Å². The van der Waals surface area contributed by atoms with Gasteiger partial charge in [0.2, 0.25) is 5.91 Å². The van der Waals surface area contributed by atoms with Gasteiger partial charge < -0.3 is 25.2 Å². The summed E-state index contributed by atoms with van der Waals surface area (Å²) in [5.41, 5.74) is 1.56. The number of hydrogen-bond donors (Lipinski definition) is 3. The molecule has 0 aliphatic carbocycles. The highest BCUT2D eigenvalue weighted by atomic mass is 32.2. The summed E-state index contributed by atoms with van der Waals surface area (Å²) in [5.74, 6) is -0.623. The topological polar surface area (TPSA) is 114 Å². The summed E-state index contributed by atoms with van der Waals surface area (Å²) in [6, 6.07) is 18.1. The molecule has 0 spiro atoms. The maximum atomic E-state index is 12.7. The van der Waals surface area contributed by atoms with Gasteiger partial charge in [-0.15, -0.1) is 11.8 Å². The van der Waals surface area contributed by atoms with Crippen LogP contribution in [0.2, 0.25) is 0 Å². The summed E-state index contributed by atoms with van der Waals surface area (Å²) in [7, 11) is 2.97. The third kappa shape index (κ3) is 6.27. The first-order valence-corrected chi connectivity index (χ1v) is 10.8. The fourth-order valence-corrected chi connectivity index (χ4v) is 3.64. The van der Waals surface area contributed by atoms with Crippen LogP contribution < -0.4 is 20.1 Å². The van der Waals surface area contributed by atoms with Crippen molar-refractivity contribution in [1.29, 1.82) is 0 Å². The highest BCUT2D eigenvalue weighted by molar-refractivity contribution is 8.00. The van der Waals surface area contributed by atoms with Crippen LogP contribution in [-0.4, -0.2) is 42.9 Å².